The molecule has 1 aromatic carbocycles. The Kier molecular flexibility index (Phi) is 6.17. The van der Waals surface area contributed by atoms with Crippen LogP contribution in [-0.2, 0) is 4.79 Å². The Morgan fingerprint density at radius 3 is 2.88 bits per heavy atom. The van der Waals surface area contributed by atoms with Gasteiger partial charge in [0, 0.05) is 18.7 Å². The average molecular weight is 354 g/mol. The van der Waals surface area contributed by atoms with Gasteiger partial charge in [-0.25, -0.2) is 0 Å². The van der Waals surface area contributed by atoms with E-state index in [4.69, 9.17) is 14.7 Å². The van der Waals surface area contributed by atoms with Crippen LogP contribution in [-0.4, -0.2) is 37.1 Å². The first-order chi connectivity index (χ1) is 12.7. The first-order valence-corrected chi connectivity index (χ1v) is 9.39. The molecule has 2 fully saturated rings. The quantitative estimate of drug-likeness (QED) is 0.755. The van der Waals surface area contributed by atoms with Gasteiger partial charge in [-0.2, -0.15) is 5.26 Å². The van der Waals surface area contributed by atoms with E-state index >= 15 is 0 Å². The minimum atomic E-state index is -0.0262. The van der Waals surface area contributed by atoms with Gasteiger partial charge in [-0.1, -0.05) is 18.9 Å². The van der Waals surface area contributed by atoms with Crippen molar-refractivity contribution in [1.29, 1.82) is 5.26 Å². The molecule has 138 valence electrons. The maximum atomic E-state index is 12.7. The molecule has 5 heteroatoms. The Hall–Kier alpha value is -2.48. The molecule has 1 aliphatic heterocycles. The fourth-order valence-electron chi connectivity index (χ4n) is 4.18. The monoisotopic (exact) mass is 354 g/mol. The predicted octanol–water partition coefficient (Wildman–Crippen LogP) is 3.79. The standard InChI is InChI=1S/C21H26N2O3/c1-25-20-15-16(8-10-19(20)26-14-12-22)9-11-21(24)23-13-4-6-17-5-2-3-7-18(17)23/h8-11,15,17-18H,2-7,13-14H2,1H3/b11-9+. The van der Waals surface area contributed by atoms with Gasteiger partial charge in [-0.05, 0) is 55.4 Å². The summed E-state index contributed by atoms with van der Waals surface area (Å²) in [5, 5.41) is 8.63. The number of hydrogen-bond acceptors (Lipinski definition) is 4. The lowest BCUT2D eigenvalue weighted by molar-refractivity contribution is -0.132. The number of amides is 1. The second kappa shape index (κ2) is 8.75. The molecule has 26 heavy (non-hydrogen) atoms. The lowest BCUT2D eigenvalue weighted by atomic mass is 9.78. The number of benzene rings is 1. The number of hydrogen-bond donors (Lipinski definition) is 0. The van der Waals surface area contributed by atoms with Crippen LogP contribution in [0.25, 0.3) is 6.08 Å². The van der Waals surface area contributed by atoms with Crippen LogP contribution in [0.15, 0.2) is 24.3 Å². The molecular formula is C21H26N2O3. The highest BCUT2D eigenvalue weighted by Crippen LogP contribution is 2.35. The first-order valence-electron chi connectivity index (χ1n) is 9.39. The van der Waals surface area contributed by atoms with Gasteiger partial charge in [0.05, 0.1) is 7.11 Å². The molecular weight excluding hydrogens is 328 g/mol. The van der Waals surface area contributed by atoms with Gasteiger partial charge in [-0.15, -0.1) is 0 Å². The molecule has 1 aliphatic carbocycles. The van der Waals surface area contributed by atoms with Crippen molar-refractivity contribution in [1.82, 2.24) is 4.90 Å². The first kappa shape index (κ1) is 18.3. The van der Waals surface area contributed by atoms with E-state index in [1.54, 1.807) is 19.3 Å². The smallest absolute Gasteiger partial charge is 0.246 e. The molecule has 3 rings (SSSR count). The molecule has 0 bridgehead atoms. The number of carbonyl (C=O) groups is 1. The van der Waals surface area contributed by atoms with E-state index in [9.17, 15) is 4.79 Å². The van der Waals surface area contributed by atoms with Crippen LogP contribution in [0.3, 0.4) is 0 Å². The lowest BCUT2D eigenvalue weighted by Crippen LogP contribution is -2.49. The van der Waals surface area contributed by atoms with Crippen molar-refractivity contribution in [3.05, 3.63) is 29.8 Å². The third kappa shape index (κ3) is 4.19. The molecule has 5 nitrogen and oxygen atoms in total. The third-order valence-electron chi connectivity index (χ3n) is 5.42. The van der Waals surface area contributed by atoms with Crippen LogP contribution in [0.2, 0.25) is 0 Å². The maximum absolute atomic E-state index is 12.7. The fraction of sp³-hybridized carbons (Fsp3) is 0.524. The largest absolute Gasteiger partial charge is 0.493 e. The van der Waals surface area contributed by atoms with Crippen LogP contribution in [0.1, 0.15) is 44.1 Å². The number of piperidine rings is 1. The van der Waals surface area contributed by atoms with Crippen LogP contribution in [0, 0.1) is 17.2 Å². The normalized spacial score (nSPS) is 22.5. The van der Waals surface area contributed by atoms with Crippen molar-refractivity contribution in [3.8, 4) is 17.6 Å². The third-order valence-corrected chi connectivity index (χ3v) is 5.42. The highest BCUT2D eigenvalue weighted by Gasteiger charge is 2.34. The molecule has 0 N–H and O–H groups in total. The molecule has 1 saturated carbocycles. The molecule has 1 saturated heterocycles. The van der Waals surface area contributed by atoms with E-state index in [-0.39, 0.29) is 12.5 Å². The summed E-state index contributed by atoms with van der Waals surface area (Å²) in [6.45, 7) is 0.843. The summed E-state index contributed by atoms with van der Waals surface area (Å²) in [4.78, 5) is 14.8. The number of nitrogens with zero attached hydrogens (tertiary/aromatic N) is 2. The fourth-order valence-corrected chi connectivity index (χ4v) is 4.18. The highest BCUT2D eigenvalue weighted by atomic mass is 16.5. The number of carbonyl (C=O) groups excluding carboxylic acids is 1. The Bertz CT molecular complexity index is 706. The summed E-state index contributed by atoms with van der Waals surface area (Å²) < 4.78 is 10.6. The summed E-state index contributed by atoms with van der Waals surface area (Å²) in [5.74, 6) is 1.87. The van der Waals surface area contributed by atoms with Gasteiger partial charge in [0.25, 0.3) is 0 Å². The van der Waals surface area contributed by atoms with Crippen molar-refractivity contribution < 1.29 is 14.3 Å². The van der Waals surface area contributed by atoms with Crippen LogP contribution < -0.4 is 9.47 Å². The second-order valence-electron chi connectivity index (χ2n) is 6.98. The number of rotatable bonds is 5. The number of likely N-dealkylation sites (tertiary alicyclic amines) is 1. The summed E-state index contributed by atoms with van der Waals surface area (Å²) in [5.41, 5.74) is 0.872. The number of fused-ring (bicyclic) bond motifs is 1. The lowest BCUT2D eigenvalue weighted by Gasteiger charge is -2.43. The molecule has 0 aromatic heterocycles. The van der Waals surface area contributed by atoms with Crippen LogP contribution in [0.4, 0.5) is 0 Å². The van der Waals surface area contributed by atoms with Crippen molar-refractivity contribution in [2.75, 3.05) is 20.3 Å². The molecule has 0 spiro atoms. The Balaban J connectivity index is 1.68. The molecule has 1 amide bonds. The van der Waals surface area contributed by atoms with Gasteiger partial charge < -0.3 is 14.4 Å². The zero-order chi connectivity index (χ0) is 18.4. The maximum Gasteiger partial charge on any atom is 0.246 e. The van der Waals surface area contributed by atoms with E-state index in [1.807, 2.05) is 24.3 Å². The van der Waals surface area contributed by atoms with Gasteiger partial charge in [0.2, 0.25) is 5.91 Å². The van der Waals surface area contributed by atoms with Crippen molar-refractivity contribution in [2.24, 2.45) is 5.92 Å². The van der Waals surface area contributed by atoms with Gasteiger partial charge in [-0.3, -0.25) is 4.79 Å². The zero-order valence-corrected chi connectivity index (χ0v) is 15.3. The zero-order valence-electron chi connectivity index (χ0n) is 15.3. The van der Waals surface area contributed by atoms with E-state index in [0.717, 1.165) is 24.9 Å². The van der Waals surface area contributed by atoms with Gasteiger partial charge in [0.15, 0.2) is 18.1 Å². The van der Waals surface area contributed by atoms with Gasteiger partial charge >= 0.3 is 0 Å². The minimum absolute atomic E-state index is 0.0262. The van der Waals surface area contributed by atoms with E-state index in [2.05, 4.69) is 4.90 Å². The van der Waals surface area contributed by atoms with Crippen molar-refractivity contribution >= 4 is 12.0 Å². The van der Waals surface area contributed by atoms with E-state index in [0.29, 0.717) is 23.5 Å². The topological polar surface area (TPSA) is 62.6 Å². The van der Waals surface area contributed by atoms with Crippen molar-refractivity contribution in [2.45, 2.75) is 44.6 Å². The Labute approximate surface area is 155 Å². The Morgan fingerprint density at radius 2 is 2.08 bits per heavy atom. The number of methoxy groups -OCH3 is 1. The molecule has 1 heterocycles. The molecule has 2 atom stereocenters. The van der Waals surface area contributed by atoms with Gasteiger partial charge in [0.1, 0.15) is 6.07 Å². The number of nitriles is 1. The molecule has 0 radical (unpaired) electrons. The molecule has 2 aliphatic rings. The highest BCUT2D eigenvalue weighted by molar-refractivity contribution is 5.92. The Morgan fingerprint density at radius 1 is 1.27 bits per heavy atom. The average Bonchev–Trinajstić information content (AvgIpc) is 2.70. The summed E-state index contributed by atoms with van der Waals surface area (Å²) in [6.07, 6.45) is 10.8. The number of ether oxygens (including phenoxy) is 2. The summed E-state index contributed by atoms with van der Waals surface area (Å²) in [7, 11) is 1.56. The van der Waals surface area contributed by atoms with Crippen LogP contribution in [0.5, 0.6) is 11.5 Å². The molecule has 1 aromatic rings. The minimum Gasteiger partial charge on any atom is -0.493 e. The van der Waals surface area contributed by atoms with Crippen molar-refractivity contribution in [3.63, 3.8) is 0 Å². The second-order valence-corrected chi connectivity index (χ2v) is 6.98. The van der Waals surface area contributed by atoms with E-state index in [1.165, 1.54) is 25.7 Å². The summed E-state index contributed by atoms with van der Waals surface area (Å²) >= 11 is 0. The summed E-state index contributed by atoms with van der Waals surface area (Å²) in [6, 6.07) is 7.80. The predicted molar refractivity (Wildman–Crippen MR) is 99.8 cm³/mol. The molecule has 2 unspecified atom stereocenters. The SMILES string of the molecule is COc1cc(/C=C/C(=O)N2CCCC3CCCCC32)ccc1OCC#N. The van der Waals surface area contributed by atoms with Crippen LogP contribution >= 0.6 is 0 Å². The van der Waals surface area contributed by atoms with E-state index < -0.39 is 0 Å².